The lowest BCUT2D eigenvalue weighted by atomic mass is 10.5. The molecule has 33 heteroatoms. The molecule has 28 nitrogen and oxygen atoms in total. The SMILES string of the molecule is O=P(O)(O)OP(=O)(O)OP(=O)(O)OP(=O)(O)OP(=O)(O)O.OCCCO.OCCCO.OCCCO.OCCCO.OCCCO.OCCCO. The Morgan fingerprint density at radius 3 is 0.451 bits per heavy atom. The Hall–Kier alpha value is 0.230. The molecule has 0 aromatic rings. The van der Waals surface area contributed by atoms with E-state index in [0.29, 0.717) is 38.5 Å². The van der Waals surface area contributed by atoms with Gasteiger partial charge in [0.25, 0.3) is 0 Å². The Morgan fingerprint density at radius 2 is 0.373 bits per heavy atom. The molecule has 0 heterocycles. The third-order valence-electron chi connectivity index (χ3n) is 2.73. The van der Waals surface area contributed by atoms with E-state index in [0.717, 1.165) is 0 Å². The van der Waals surface area contributed by atoms with Crippen LogP contribution < -0.4 is 0 Å². The normalized spacial score (nSPS) is 14.0. The topological polar surface area (TPSA) is 507 Å². The van der Waals surface area contributed by atoms with Gasteiger partial charge < -0.3 is 95.5 Å². The second-order valence-electron chi connectivity index (χ2n) is 7.52. The molecule has 2 unspecified atom stereocenters. The number of phosphoric acid groups is 5. The van der Waals surface area contributed by atoms with Gasteiger partial charge in [0, 0.05) is 79.3 Å². The van der Waals surface area contributed by atoms with Crippen LogP contribution in [0.1, 0.15) is 38.5 Å². The van der Waals surface area contributed by atoms with Crippen LogP contribution in [0, 0.1) is 0 Å². The molecule has 0 saturated heterocycles. The van der Waals surface area contributed by atoms with Gasteiger partial charge in [-0.2, -0.15) is 17.2 Å². The summed E-state index contributed by atoms with van der Waals surface area (Å²) in [4.78, 5) is 58.7. The van der Waals surface area contributed by atoms with E-state index >= 15 is 0 Å². The quantitative estimate of drug-likeness (QED) is 0.0515. The number of rotatable bonds is 20. The summed E-state index contributed by atoms with van der Waals surface area (Å²) in [5.74, 6) is 0. The number of hydrogen-bond acceptors (Lipinski definition) is 21. The molecule has 0 spiro atoms. The van der Waals surface area contributed by atoms with Gasteiger partial charge in [-0.25, -0.2) is 22.8 Å². The maximum absolute atomic E-state index is 11.0. The van der Waals surface area contributed by atoms with E-state index in [9.17, 15) is 22.8 Å². The average molecular weight is 874 g/mol. The van der Waals surface area contributed by atoms with E-state index in [1.54, 1.807) is 0 Å². The minimum atomic E-state index is -6.07. The highest BCUT2D eigenvalue weighted by Crippen LogP contribution is 2.72. The molecule has 0 radical (unpaired) electrons. The van der Waals surface area contributed by atoms with Crippen molar-refractivity contribution in [2.45, 2.75) is 38.5 Å². The van der Waals surface area contributed by atoms with Crippen molar-refractivity contribution < 1.29 is 136 Å². The van der Waals surface area contributed by atoms with E-state index in [1.165, 1.54) is 0 Å². The summed E-state index contributed by atoms with van der Waals surface area (Å²) in [5, 5.41) is 94.9. The monoisotopic (exact) mass is 874 g/mol. The zero-order chi connectivity index (χ0) is 42.1. The fourth-order valence-electron chi connectivity index (χ4n) is 0.999. The molecule has 0 aromatic carbocycles. The van der Waals surface area contributed by atoms with Crippen molar-refractivity contribution in [2.24, 2.45) is 0 Å². The van der Waals surface area contributed by atoms with Crippen LogP contribution in [0.5, 0.6) is 0 Å². The molecule has 320 valence electrons. The Bertz CT molecular complexity index is 806. The lowest BCUT2D eigenvalue weighted by Gasteiger charge is -2.18. The molecule has 51 heavy (non-hydrogen) atoms. The molecule has 0 bridgehead atoms. The molecule has 2 atom stereocenters. The zero-order valence-electron chi connectivity index (χ0n) is 27.1. The largest absolute Gasteiger partial charge is 0.490 e. The third kappa shape index (κ3) is 89.0. The fourth-order valence-corrected chi connectivity index (χ4v) is 6.40. The summed E-state index contributed by atoms with van der Waals surface area (Å²) in [6.07, 6.45) is 3.00. The van der Waals surface area contributed by atoms with Gasteiger partial charge >= 0.3 is 39.1 Å². The molecule has 0 amide bonds. The van der Waals surface area contributed by atoms with Crippen molar-refractivity contribution in [3.63, 3.8) is 0 Å². The van der Waals surface area contributed by atoms with Gasteiger partial charge in [0.05, 0.1) is 0 Å². The van der Waals surface area contributed by atoms with Crippen molar-refractivity contribution >= 4 is 39.1 Å². The van der Waals surface area contributed by atoms with Gasteiger partial charge in [0.15, 0.2) is 0 Å². The number of aliphatic hydroxyl groups excluding tert-OH is 12. The smallest absolute Gasteiger partial charge is 0.396 e. The Balaban J connectivity index is -0.000000105. The first-order chi connectivity index (χ1) is 23.3. The van der Waals surface area contributed by atoms with Crippen LogP contribution in [-0.4, -0.2) is 175 Å². The van der Waals surface area contributed by atoms with Crippen LogP contribution in [0.15, 0.2) is 0 Å². The van der Waals surface area contributed by atoms with Gasteiger partial charge in [-0.05, 0) is 38.5 Å². The average Bonchev–Trinajstić information content (AvgIpc) is 2.94. The van der Waals surface area contributed by atoms with Crippen molar-refractivity contribution in [3.05, 3.63) is 0 Å². The summed E-state index contributed by atoms with van der Waals surface area (Å²) in [5.41, 5.74) is 0. The Kier molecular flexibility index (Phi) is 57.8. The van der Waals surface area contributed by atoms with Crippen molar-refractivity contribution in [2.75, 3.05) is 79.3 Å². The van der Waals surface area contributed by atoms with Crippen LogP contribution in [0.25, 0.3) is 0 Å². The minimum absolute atomic E-state index is 0.0938. The van der Waals surface area contributed by atoms with Gasteiger partial charge in [-0.1, -0.05) is 0 Å². The van der Waals surface area contributed by atoms with E-state index in [4.69, 9.17) is 95.5 Å². The van der Waals surface area contributed by atoms with Crippen molar-refractivity contribution in [1.29, 1.82) is 0 Å². The first-order valence-corrected chi connectivity index (χ1v) is 21.1. The molecular formula is C18H55O28P5. The van der Waals surface area contributed by atoms with Gasteiger partial charge in [-0.3, -0.25) is 0 Å². The highest BCUT2D eigenvalue weighted by molar-refractivity contribution is 7.71. The van der Waals surface area contributed by atoms with Gasteiger partial charge in [0.1, 0.15) is 0 Å². The number of hydrogen-bond donors (Lipinski definition) is 19. The zero-order valence-corrected chi connectivity index (χ0v) is 31.6. The first-order valence-electron chi connectivity index (χ1n) is 13.6. The van der Waals surface area contributed by atoms with E-state index < -0.39 is 39.1 Å². The lowest BCUT2D eigenvalue weighted by molar-refractivity contribution is 0.187. The first kappa shape index (κ1) is 66.1. The maximum atomic E-state index is 11.0. The van der Waals surface area contributed by atoms with Gasteiger partial charge in [0.2, 0.25) is 0 Å². The molecule has 0 saturated carbocycles. The van der Waals surface area contributed by atoms with E-state index in [-0.39, 0.29) is 79.3 Å². The van der Waals surface area contributed by atoms with Crippen molar-refractivity contribution in [3.8, 4) is 0 Å². The fraction of sp³-hybridized carbons (Fsp3) is 1.00. The molecular weight excluding hydrogens is 819 g/mol. The molecule has 0 aromatic heterocycles. The van der Waals surface area contributed by atoms with Crippen LogP contribution in [0.4, 0.5) is 0 Å². The Morgan fingerprint density at radius 1 is 0.255 bits per heavy atom. The molecule has 19 N–H and O–H groups in total. The summed E-state index contributed by atoms with van der Waals surface area (Å²) >= 11 is 0. The molecule has 0 fully saturated rings. The summed E-state index contributed by atoms with van der Waals surface area (Å²) in [6, 6.07) is 0. The lowest BCUT2D eigenvalue weighted by Crippen LogP contribution is -1.97. The Labute approximate surface area is 292 Å². The second kappa shape index (κ2) is 44.6. The summed E-state index contributed by atoms with van der Waals surface area (Å²) < 4.78 is 65.6. The van der Waals surface area contributed by atoms with Crippen LogP contribution in [-0.2, 0) is 40.1 Å². The van der Waals surface area contributed by atoms with E-state index in [2.05, 4.69) is 17.2 Å². The maximum Gasteiger partial charge on any atom is 0.490 e. The highest BCUT2D eigenvalue weighted by atomic mass is 31.3. The van der Waals surface area contributed by atoms with Gasteiger partial charge in [-0.15, -0.1) is 0 Å². The molecule has 0 aliphatic rings. The highest BCUT2D eigenvalue weighted by Gasteiger charge is 2.46. The molecule has 0 aliphatic carbocycles. The number of aliphatic hydroxyl groups is 12. The van der Waals surface area contributed by atoms with Crippen LogP contribution in [0.2, 0.25) is 0 Å². The minimum Gasteiger partial charge on any atom is -0.396 e. The predicted octanol–water partition coefficient (Wildman–Crippen LogP) is -4.29. The van der Waals surface area contributed by atoms with Crippen LogP contribution >= 0.6 is 39.1 Å². The standard InChI is InChI=1S/6C3H8O2.H7O16P5/c6*4-2-1-3-5;1-17(2,3)13-19(7,8)15-21(11,12)16-20(9,10)14-18(4,5)6/h6*4-5H,1-3H2;(H,7,8)(H,9,10)(H,11,12)(H2,1,2,3)(H2,4,5,6). The summed E-state index contributed by atoms with van der Waals surface area (Å²) in [6.45, 7) is 1.12. The molecule has 0 aliphatic heterocycles. The summed E-state index contributed by atoms with van der Waals surface area (Å²) in [7, 11) is -29.3. The predicted molar refractivity (Wildman–Crippen MR) is 171 cm³/mol. The molecule has 0 rings (SSSR count). The van der Waals surface area contributed by atoms with Crippen LogP contribution in [0.3, 0.4) is 0 Å². The van der Waals surface area contributed by atoms with E-state index in [1.807, 2.05) is 0 Å². The van der Waals surface area contributed by atoms with Crippen molar-refractivity contribution in [1.82, 2.24) is 0 Å². The third-order valence-corrected chi connectivity index (χ3v) is 9.38. The second-order valence-corrected chi connectivity index (χ2v) is 14.9.